The van der Waals surface area contributed by atoms with Gasteiger partial charge in [-0.2, -0.15) is 0 Å². The van der Waals surface area contributed by atoms with Crippen LogP contribution in [0.3, 0.4) is 0 Å². The first kappa shape index (κ1) is 29.9. The minimum Gasteiger partial charge on any atom is -0.481 e. The van der Waals surface area contributed by atoms with Gasteiger partial charge in [0.05, 0.1) is 22.6 Å². The van der Waals surface area contributed by atoms with Crippen LogP contribution in [0, 0.1) is 0 Å². The molecule has 0 bridgehead atoms. The molecule has 7 N–H and O–H groups in total. The zero-order valence-corrected chi connectivity index (χ0v) is 23.0. The lowest BCUT2D eigenvalue weighted by molar-refractivity contribution is -0.137. The van der Waals surface area contributed by atoms with Crippen LogP contribution in [0.25, 0.3) is 22.5 Å². The summed E-state index contributed by atoms with van der Waals surface area (Å²) in [7, 11) is 0. The van der Waals surface area contributed by atoms with Crippen molar-refractivity contribution < 1.29 is 19.5 Å². The molecule has 1 aromatic heterocycles. The summed E-state index contributed by atoms with van der Waals surface area (Å²) in [6.45, 7) is 4.92. The molecule has 1 heterocycles. The highest BCUT2D eigenvalue weighted by molar-refractivity contribution is 6.12. The van der Waals surface area contributed by atoms with Crippen molar-refractivity contribution in [2.75, 3.05) is 18.4 Å². The monoisotopic (exact) mass is 546 g/mol. The first-order valence-corrected chi connectivity index (χ1v) is 13.4. The number of aliphatic imine (C=N–C) groups is 1. The van der Waals surface area contributed by atoms with Gasteiger partial charge in [-0.3, -0.25) is 19.4 Å². The standard InChI is InChI=1S/C30H38N6O4/c1-20(2)36-27(21-12-5-3-6-13-21)25(29(40)33-18-9-10-19-34-30(31)32)26(28(36)22-14-7-4-8-15-22)35-23(37)16-11-17-24(38)39/h3-8,12-15,20H,9-11,16-19H2,1-2H3,(H,33,40)(H,35,37)(H,38,39)(H4,31,32,34). The Hall–Kier alpha value is -4.60. The van der Waals surface area contributed by atoms with Crippen molar-refractivity contribution in [3.8, 4) is 22.5 Å². The van der Waals surface area contributed by atoms with Crippen molar-refractivity contribution >= 4 is 29.4 Å². The van der Waals surface area contributed by atoms with Crippen LogP contribution in [-0.2, 0) is 9.59 Å². The second-order valence-corrected chi connectivity index (χ2v) is 9.71. The molecule has 0 atom stereocenters. The van der Waals surface area contributed by atoms with E-state index in [9.17, 15) is 14.4 Å². The summed E-state index contributed by atoms with van der Waals surface area (Å²) in [6.07, 6.45) is 1.44. The fraction of sp³-hybridized carbons (Fsp3) is 0.333. The summed E-state index contributed by atoms with van der Waals surface area (Å²) < 4.78 is 2.07. The Balaban J connectivity index is 2.12. The highest BCUT2D eigenvalue weighted by atomic mass is 16.4. The van der Waals surface area contributed by atoms with Gasteiger partial charge in [0.2, 0.25) is 5.91 Å². The van der Waals surface area contributed by atoms with Crippen molar-refractivity contribution in [1.29, 1.82) is 0 Å². The molecular weight excluding hydrogens is 508 g/mol. The Morgan fingerprint density at radius 3 is 2.02 bits per heavy atom. The van der Waals surface area contributed by atoms with E-state index < -0.39 is 5.97 Å². The molecule has 2 amide bonds. The second kappa shape index (κ2) is 14.5. The van der Waals surface area contributed by atoms with Gasteiger partial charge in [-0.25, -0.2) is 0 Å². The lowest BCUT2D eigenvalue weighted by atomic mass is 10.0. The van der Waals surface area contributed by atoms with E-state index in [0.29, 0.717) is 48.6 Å². The Labute approximate surface area is 234 Å². The van der Waals surface area contributed by atoms with Crippen molar-refractivity contribution in [1.82, 2.24) is 9.88 Å². The van der Waals surface area contributed by atoms with Crippen LogP contribution in [0.15, 0.2) is 65.7 Å². The average Bonchev–Trinajstić information content (AvgIpc) is 3.26. The molecule has 0 saturated heterocycles. The van der Waals surface area contributed by atoms with Crippen LogP contribution in [-0.4, -0.2) is 46.5 Å². The molecule has 0 unspecified atom stereocenters. The third-order valence-corrected chi connectivity index (χ3v) is 6.27. The zero-order valence-electron chi connectivity index (χ0n) is 23.0. The Kier molecular flexibility index (Phi) is 10.9. The molecule has 0 aliphatic heterocycles. The van der Waals surface area contributed by atoms with Gasteiger partial charge >= 0.3 is 5.97 Å². The van der Waals surface area contributed by atoms with Gasteiger partial charge in [0, 0.05) is 37.5 Å². The average molecular weight is 547 g/mol. The predicted molar refractivity (Wildman–Crippen MR) is 158 cm³/mol. The first-order valence-electron chi connectivity index (χ1n) is 13.4. The van der Waals surface area contributed by atoms with Crippen molar-refractivity contribution in [3.63, 3.8) is 0 Å². The fourth-order valence-electron chi connectivity index (χ4n) is 4.54. The number of rotatable bonds is 14. The summed E-state index contributed by atoms with van der Waals surface area (Å²) in [6, 6.07) is 19.1. The Morgan fingerprint density at radius 1 is 0.875 bits per heavy atom. The third-order valence-electron chi connectivity index (χ3n) is 6.27. The number of amides is 2. The normalized spacial score (nSPS) is 10.8. The predicted octanol–water partition coefficient (Wildman–Crippen LogP) is 4.38. The van der Waals surface area contributed by atoms with Crippen molar-refractivity contribution in [2.24, 2.45) is 16.5 Å². The number of benzene rings is 2. The van der Waals surface area contributed by atoms with Gasteiger partial charge in [-0.05, 0) is 38.7 Å². The maximum Gasteiger partial charge on any atom is 0.303 e. The second-order valence-electron chi connectivity index (χ2n) is 9.71. The molecule has 0 radical (unpaired) electrons. The molecule has 3 rings (SSSR count). The SMILES string of the molecule is CC(C)n1c(-c2ccccc2)c(NC(=O)CCCC(=O)O)c(C(=O)NCCCCN=C(N)N)c1-c1ccccc1. The molecule has 0 aliphatic rings. The topological polar surface area (TPSA) is 165 Å². The quantitative estimate of drug-likeness (QED) is 0.114. The number of hydrogen-bond acceptors (Lipinski definition) is 4. The van der Waals surface area contributed by atoms with E-state index in [4.69, 9.17) is 16.6 Å². The molecule has 0 aliphatic carbocycles. The maximum atomic E-state index is 13.9. The molecule has 10 heteroatoms. The number of nitrogens with two attached hydrogens (primary N) is 2. The first-order chi connectivity index (χ1) is 19.2. The van der Waals surface area contributed by atoms with Crippen LogP contribution >= 0.6 is 0 Å². The van der Waals surface area contributed by atoms with Crippen LogP contribution in [0.2, 0.25) is 0 Å². The minimum atomic E-state index is -0.963. The van der Waals surface area contributed by atoms with Crippen LogP contribution in [0.1, 0.15) is 62.4 Å². The highest BCUT2D eigenvalue weighted by Crippen LogP contribution is 2.43. The smallest absolute Gasteiger partial charge is 0.303 e. The number of carbonyl (C=O) groups is 3. The van der Waals surface area contributed by atoms with Crippen LogP contribution in [0.5, 0.6) is 0 Å². The number of carboxylic acids is 1. The number of carboxylic acid groups (broad SMARTS) is 1. The van der Waals surface area contributed by atoms with E-state index in [1.165, 1.54) is 0 Å². The number of nitrogens with zero attached hydrogens (tertiary/aromatic N) is 2. The van der Waals surface area contributed by atoms with E-state index >= 15 is 0 Å². The number of nitrogens with one attached hydrogen (secondary N) is 2. The molecule has 0 fully saturated rings. The summed E-state index contributed by atoms with van der Waals surface area (Å²) >= 11 is 0. The van der Waals surface area contributed by atoms with E-state index in [1.54, 1.807) is 0 Å². The van der Waals surface area contributed by atoms with Gasteiger partial charge in [0.15, 0.2) is 5.96 Å². The number of carbonyl (C=O) groups excluding carboxylic acids is 2. The third kappa shape index (κ3) is 7.95. The summed E-state index contributed by atoms with van der Waals surface area (Å²) in [4.78, 5) is 41.9. The molecule has 3 aromatic rings. The van der Waals surface area contributed by atoms with Gasteiger partial charge in [0.25, 0.3) is 5.91 Å². The number of aromatic nitrogens is 1. The van der Waals surface area contributed by atoms with Crippen LogP contribution < -0.4 is 22.1 Å². The fourth-order valence-corrected chi connectivity index (χ4v) is 4.54. The number of aliphatic carboxylic acids is 1. The maximum absolute atomic E-state index is 13.9. The van der Waals surface area contributed by atoms with E-state index in [1.807, 2.05) is 74.5 Å². The summed E-state index contributed by atoms with van der Waals surface area (Å²) in [5, 5.41) is 15.0. The van der Waals surface area contributed by atoms with Crippen LogP contribution in [0.4, 0.5) is 5.69 Å². The summed E-state index contributed by atoms with van der Waals surface area (Å²) in [5.74, 6) is -1.61. The Bertz CT molecular complexity index is 1330. The highest BCUT2D eigenvalue weighted by Gasteiger charge is 2.31. The van der Waals surface area contributed by atoms with Gasteiger partial charge in [0.1, 0.15) is 0 Å². The van der Waals surface area contributed by atoms with E-state index in [0.717, 1.165) is 11.1 Å². The number of hydrogen-bond donors (Lipinski definition) is 5. The summed E-state index contributed by atoms with van der Waals surface area (Å²) in [5.41, 5.74) is 14.6. The van der Waals surface area contributed by atoms with Crippen molar-refractivity contribution in [2.45, 2.75) is 52.0 Å². The molecule has 40 heavy (non-hydrogen) atoms. The van der Waals surface area contributed by atoms with E-state index in [2.05, 4.69) is 20.2 Å². The number of anilines is 1. The van der Waals surface area contributed by atoms with Gasteiger partial charge < -0.3 is 31.8 Å². The minimum absolute atomic E-state index is 0.0138. The molecule has 0 saturated carbocycles. The molecule has 2 aromatic carbocycles. The Morgan fingerprint density at radius 2 is 1.48 bits per heavy atom. The molecular formula is C30H38N6O4. The molecule has 10 nitrogen and oxygen atoms in total. The largest absolute Gasteiger partial charge is 0.481 e. The molecule has 0 spiro atoms. The lowest BCUT2D eigenvalue weighted by Gasteiger charge is -2.18. The van der Waals surface area contributed by atoms with E-state index in [-0.39, 0.29) is 43.1 Å². The number of guanidine groups is 1. The van der Waals surface area contributed by atoms with Gasteiger partial charge in [-0.1, -0.05) is 60.7 Å². The van der Waals surface area contributed by atoms with Crippen molar-refractivity contribution in [3.05, 3.63) is 66.2 Å². The lowest BCUT2D eigenvalue weighted by Crippen LogP contribution is -2.26. The van der Waals surface area contributed by atoms with Gasteiger partial charge in [-0.15, -0.1) is 0 Å². The zero-order chi connectivity index (χ0) is 29.1. The number of unbranched alkanes of at least 4 members (excludes halogenated alkanes) is 1. The molecule has 212 valence electrons.